The van der Waals surface area contributed by atoms with E-state index >= 15 is 0 Å². The number of hydrogen-bond donors (Lipinski definition) is 1. The number of aryl methyl sites for hydroxylation is 1. The predicted molar refractivity (Wildman–Crippen MR) is 64.0 cm³/mol. The number of aromatic carboxylic acids is 1. The van der Waals surface area contributed by atoms with Crippen molar-refractivity contribution < 1.29 is 9.90 Å². The molecule has 0 aromatic carbocycles. The first-order chi connectivity index (χ1) is 8.22. The molecular formula is C12H19N3O2. The number of carboxylic acid groups (broad SMARTS) is 1. The van der Waals surface area contributed by atoms with Crippen LogP contribution in [0, 0.1) is 0 Å². The van der Waals surface area contributed by atoms with Crippen molar-refractivity contribution in [1.82, 2.24) is 14.7 Å². The molecule has 1 N–H and O–H groups in total. The molecule has 1 aliphatic rings. The number of likely N-dealkylation sites (tertiary alicyclic amines) is 1. The van der Waals surface area contributed by atoms with Crippen LogP contribution in [0.5, 0.6) is 0 Å². The minimum atomic E-state index is -0.878. The Labute approximate surface area is 101 Å². The van der Waals surface area contributed by atoms with Gasteiger partial charge in [0.1, 0.15) is 5.56 Å². The highest BCUT2D eigenvalue weighted by atomic mass is 16.4. The summed E-state index contributed by atoms with van der Waals surface area (Å²) >= 11 is 0. The molecule has 94 valence electrons. The van der Waals surface area contributed by atoms with Crippen LogP contribution in [0.15, 0.2) is 6.20 Å². The van der Waals surface area contributed by atoms with E-state index in [-0.39, 0.29) is 0 Å². The molecule has 2 rings (SSSR count). The van der Waals surface area contributed by atoms with Gasteiger partial charge in [0.05, 0.1) is 11.9 Å². The van der Waals surface area contributed by atoms with E-state index in [2.05, 4.69) is 10.00 Å². The molecule has 5 heteroatoms. The van der Waals surface area contributed by atoms with E-state index in [1.165, 1.54) is 25.5 Å². The summed E-state index contributed by atoms with van der Waals surface area (Å²) < 4.78 is 1.79. The fourth-order valence-electron chi connectivity index (χ4n) is 2.36. The maximum absolute atomic E-state index is 11.1. The third-order valence-corrected chi connectivity index (χ3v) is 3.30. The van der Waals surface area contributed by atoms with E-state index in [0.29, 0.717) is 12.1 Å². The maximum Gasteiger partial charge on any atom is 0.339 e. The third kappa shape index (κ3) is 2.66. The number of hydrogen-bond acceptors (Lipinski definition) is 3. The van der Waals surface area contributed by atoms with Gasteiger partial charge in [-0.25, -0.2) is 4.79 Å². The second-order valence-electron chi connectivity index (χ2n) is 4.46. The monoisotopic (exact) mass is 237 g/mol. The minimum Gasteiger partial charge on any atom is -0.478 e. The van der Waals surface area contributed by atoms with Crippen molar-refractivity contribution in [2.75, 3.05) is 13.1 Å². The summed E-state index contributed by atoms with van der Waals surface area (Å²) in [5.41, 5.74) is 1.18. The van der Waals surface area contributed by atoms with Gasteiger partial charge in [0.25, 0.3) is 0 Å². The standard InChI is InChI=1S/C12H19N3O2/c1-2-15-11(10(8-13-15)12(16)17)9-14-6-4-3-5-7-14/h8H,2-7,9H2,1H3,(H,16,17). The van der Waals surface area contributed by atoms with Crippen molar-refractivity contribution in [1.29, 1.82) is 0 Å². The van der Waals surface area contributed by atoms with Crippen molar-refractivity contribution in [2.45, 2.75) is 39.3 Å². The number of carbonyl (C=O) groups is 1. The molecule has 1 saturated heterocycles. The Kier molecular flexibility index (Phi) is 3.78. The van der Waals surface area contributed by atoms with Crippen molar-refractivity contribution in [2.24, 2.45) is 0 Å². The smallest absolute Gasteiger partial charge is 0.339 e. The lowest BCUT2D eigenvalue weighted by Gasteiger charge is -2.26. The number of rotatable bonds is 4. The summed E-state index contributed by atoms with van der Waals surface area (Å²) in [4.78, 5) is 13.4. The predicted octanol–water partition coefficient (Wildman–Crippen LogP) is 1.59. The van der Waals surface area contributed by atoms with Gasteiger partial charge in [-0.1, -0.05) is 6.42 Å². The Morgan fingerprint density at radius 2 is 2.12 bits per heavy atom. The zero-order valence-electron chi connectivity index (χ0n) is 10.2. The molecule has 2 heterocycles. The van der Waals surface area contributed by atoms with Gasteiger partial charge < -0.3 is 5.11 Å². The molecule has 5 nitrogen and oxygen atoms in total. The lowest BCUT2D eigenvalue weighted by molar-refractivity contribution is 0.0693. The summed E-state index contributed by atoms with van der Waals surface area (Å²) in [6.07, 6.45) is 5.17. The molecule has 0 unspecified atom stereocenters. The Balaban J connectivity index is 2.16. The quantitative estimate of drug-likeness (QED) is 0.864. The molecule has 0 spiro atoms. The van der Waals surface area contributed by atoms with Crippen molar-refractivity contribution >= 4 is 5.97 Å². The van der Waals surface area contributed by atoms with Crippen LogP contribution >= 0.6 is 0 Å². The largest absolute Gasteiger partial charge is 0.478 e. The van der Waals surface area contributed by atoms with Gasteiger partial charge in [0.15, 0.2) is 0 Å². The molecule has 1 fully saturated rings. The van der Waals surface area contributed by atoms with Crippen LogP contribution in [0.1, 0.15) is 42.2 Å². The van der Waals surface area contributed by atoms with Gasteiger partial charge in [-0.3, -0.25) is 9.58 Å². The zero-order valence-corrected chi connectivity index (χ0v) is 10.2. The molecular weight excluding hydrogens is 218 g/mol. The van der Waals surface area contributed by atoms with Gasteiger partial charge in [-0.2, -0.15) is 5.10 Å². The molecule has 1 aromatic heterocycles. The van der Waals surface area contributed by atoms with Gasteiger partial charge in [-0.15, -0.1) is 0 Å². The van der Waals surface area contributed by atoms with Crippen LogP contribution in [-0.2, 0) is 13.1 Å². The van der Waals surface area contributed by atoms with Gasteiger partial charge in [0, 0.05) is 13.1 Å². The SMILES string of the molecule is CCn1ncc(C(=O)O)c1CN1CCCCC1. The first-order valence-corrected chi connectivity index (χ1v) is 6.22. The molecule has 0 bridgehead atoms. The third-order valence-electron chi connectivity index (χ3n) is 3.30. The van der Waals surface area contributed by atoms with E-state index in [1.807, 2.05) is 6.92 Å². The number of piperidine rings is 1. The summed E-state index contributed by atoms with van der Waals surface area (Å²) in [6, 6.07) is 0. The maximum atomic E-state index is 11.1. The second kappa shape index (κ2) is 5.31. The van der Waals surface area contributed by atoms with E-state index in [0.717, 1.165) is 25.3 Å². The van der Waals surface area contributed by atoms with Crippen LogP contribution in [0.4, 0.5) is 0 Å². The van der Waals surface area contributed by atoms with Gasteiger partial charge in [0.2, 0.25) is 0 Å². The van der Waals surface area contributed by atoms with E-state index in [9.17, 15) is 4.79 Å². The van der Waals surface area contributed by atoms with Gasteiger partial charge in [-0.05, 0) is 32.9 Å². The van der Waals surface area contributed by atoms with E-state index < -0.39 is 5.97 Å². The molecule has 1 aliphatic heterocycles. The lowest BCUT2D eigenvalue weighted by Crippen LogP contribution is -2.30. The molecule has 0 saturated carbocycles. The van der Waals surface area contributed by atoms with Crippen LogP contribution in [0.3, 0.4) is 0 Å². The zero-order chi connectivity index (χ0) is 12.3. The number of nitrogens with zero attached hydrogens (tertiary/aromatic N) is 3. The molecule has 1 aromatic rings. The minimum absolute atomic E-state index is 0.345. The van der Waals surface area contributed by atoms with Crippen molar-refractivity contribution in [3.05, 3.63) is 17.5 Å². The molecule has 0 aliphatic carbocycles. The first kappa shape index (κ1) is 12.1. The summed E-state index contributed by atoms with van der Waals surface area (Å²) in [5.74, 6) is -0.878. The highest BCUT2D eigenvalue weighted by molar-refractivity contribution is 5.88. The molecule has 17 heavy (non-hydrogen) atoms. The average molecular weight is 237 g/mol. The molecule has 0 radical (unpaired) electrons. The Morgan fingerprint density at radius 3 is 2.71 bits per heavy atom. The van der Waals surface area contributed by atoms with Crippen LogP contribution in [0.2, 0.25) is 0 Å². The van der Waals surface area contributed by atoms with Crippen molar-refractivity contribution in [3.8, 4) is 0 Å². The normalized spacial score (nSPS) is 17.2. The summed E-state index contributed by atoms with van der Waals surface area (Å²) in [7, 11) is 0. The number of carboxylic acids is 1. The summed E-state index contributed by atoms with van der Waals surface area (Å²) in [6.45, 7) is 5.53. The van der Waals surface area contributed by atoms with E-state index in [1.54, 1.807) is 4.68 Å². The fourth-order valence-corrected chi connectivity index (χ4v) is 2.36. The lowest BCUT2D eigenvalue weighted by atomic mass is 10.1. The average Bonchev–Trinajstić information content (AvgIpc) is 2.73. The van der Waals surface area contributed by atoms with Crippen molar-refractivity contribution in [3.63, 3.8) is 0 Å². The molecule has 0 amide bonds. The van der Waals surface area contributed by atoms with Crippen LogP contribution in [0.25, 0.3) is 0 Å². The Bertz CT molecular complexity index is 394. The topological polar surface area (TPSA) is 58.4 Å². The number of aromatic nitrogens is 2. The first-order valence-electron chi connectivity index (χ1n) is 6.22. The second-order valence-corrected chi connectivity index (χ2v) is 4.46. The van der Waals surface area contributed by atoms with E-state index in [4.69, 9.17) is 5.11 Å². The van der Waals surface area contributed by atoms with Crippen LogP contribution < -0.4 is 0 Å². The fraction of sp³-hybridized carbons (Fsp3) is 0.667. The summed E-state index contributed by atoms with van der Waals surface area (Å²) in [5, 5.41) is 13.3. The Morgan fingerprint density at radius 1 is 1.41 bits per heavy atom. The highest BCUT2D eigenvalue weighted by Crippen LogP contribution is 2.16. The van der Waals surface area contributed by atoms with Gasteiger partial charge >= 0.3 is 5.97 Å². The van der Waals surface area contributed by atoms with Crippen LogP contribution in [-0.4, -0.2) is 38.8 Å². The Hall–Kier alpha value is -1.36. The highest BCUT2D eigenvalue weighted by Gasteiger charge is 2.19. The molecule has 0 atom stereocenters.